The third-order valence-corrected chi connectivity index (χ3v) is 5.74. The van der Waals surface area contributed by atoms with Crippen LogP contribution < -0.4 is 10.2 Å². The van der Waals surface area contributed by atoms with E-state index in [1.807, 2.05) is 48.5 Å². The van der Waals surface area contributed by atoms with Gasteiger partial charge < -0.3 is 10.2 Å². The predicted octanol–water partition coefficient (Wildman–Crippen LogP) is 4.38. The number of aromatic nitrogens is 4. The Morgan fingerprint density at radius 3 is 2.48 bits per heavy atom. The molecule has 8 heteroatoms. The molecule has 0 unspecified atom stereocenters. The monoisotopic (exact) mass is 432 g/mol. The van der Waals surface area contributed by atoms with Crippen LogP contribution in [0.4, 0.5) is 11.6 Å². The van der Waals surface area contributed by atoms with Crippen LogP contribution in [0.15, 0.2) is 60.9 Å². The Kier molecular flexibility index (Phi) is 5.26. The van der Waals surface area contributed by atoms with Crippen molar-refractivity contribution in [2.75, 3.05) is 23.3 Å². The van der Waals surface area contributed by atoms with E-state index < -0.39 is 0 Å². The number of para-hydroxylation sites is 2. The molecule has 1 N–H and O–H groups in total. The summed E-state index contributed by atoms with van der Waals surface area (Å²) in [5.41, 5.74) is 2.95. The van der Waals surface area contributed by atoms with Gasteiger partial charge in [0.1, 0.15) is 0 Å². The fourth-order valence-corrected chi connectivity index (χ4v) is 3.97. The van der Waals surface area contributed by atoms with Crippen LogP contribution >= 0.6 is 11.6 Å². The fourth-order valence-electron chi connectivity index (χ4n) is 3.77. The molecule has 0 aliphatic carbocycles. The molecule has 4 aromatic rings. The van der Waals surface area contributed by atoms with Crippen molar-refractivity contribution in [3.8, 4) is 0 Å². The molecule has 156 valence electrons. The number of carbonyl (C=O) groups excluding carboxylic acids is 1. The Morgan fingerprint density at radius 2 is 1.71 bits per heavy atom. The van der Waals surface area contributed by atoms with Crippen molar-refractivity contribution < 1.29 is 4.79 Å². The number of benzene rings is 2. The van der Waals surface area contributed by atoms with Gasteiger partial charge in [-0.25, -0.2) is 9.97 Å². The topological polar surface area (TPSA) is 75.9 Å². The molecule has 3 heterocycles. The highest BCUT2D eigenvalue weighted by Crippen LogP contribution is 2.28. The first-order valence-corrected chi connectivity index (χ1v) is 10.6. The summed E-state index contributed by atoms with van der Waals surface area (Å²) in [4.78, 5) is 24.6. The first kappa shape index (κ1) is 19.5. The first-order chi connectivity index (χ1) is 15.2. The summed E-state index contributed by atoms with van der Waals surface area (Å²) in [5, 5.41) is 7.94. The maximum Gasteiger partial charge on any atom is 0.260 e. The zero-order chi connectivity index (χ0) is 21.2. The summed E-state index contributed by atoms with van der Waals surface area (Å²) >= 11 is 6.24. The van der Waals surface area contributed by atoms with Gasteiger partial charge in [-0.3, -0.25) is 9.48 Å². The second-order valence-electron chi connectivity index (χ2n) is 7.55. The van der Waals surface area contributed by atoms with Crippen molar-refractivity contribution in [1.29, 1.82) is 0 Å². The number of halogens is 1. The predicted molar refractivity (Wildman–Crippen MR) is 122 cm³/mol. The average molecular weight is 433 g/mol. The Balaban J connectivity index is 1.40. The molecular weight excluding hydrogens is 412 g/mol. The summed E-state index contributed by atoms with van der Waals surface area (Å²) in [5.74, 6) is 0.924. The minimum absolute atomic E-state index is 0.268. The maximum atomic E-state index is 13.0. The van der Waals surface area contributed by atoms with E-state index in [-0.39, 0.29) is 5.91 Å². The van der Waals surface area contributed by atoms with E-state index in [2.05, 4.69) is 15.3 Å². The Bertz CT molecular complexity index is 1250. The maximum absolute atomic E-state index is 13.0. The zero-order valence-electron chi connectivity index (χ0n) is 16.8. The lowest BCUT2D eigenvalue weighted by Gasteiger charge is -2.20. The van der Waals surface area contributed by atoms with Crippen molar-refractivity contribution in [2.45, 2.75) is 19.4 Å². The van der Waals surface area contributed by atoms with E-state index in [9.17, 15) is 4.79 Å². The van der Waals surface area contributed by atoms with Gasteiger partial charge in [-0.1, -0.05) is 41.9 Å². The van der Waals surface area contributed by atoms with E-state index >= 15 is 0 Å². The molecule has 0 spiro atoms. The molecule has 1 fully saturated rings. The zero-order valence-corrected chi connectivity index (χ0v) is 17.6. The normalized spacial score (nSPS) is 13.6. The molecule has 0 atom stereocenters. The summed E-state index contributed by atoms with van der Waals surface area (Å²) in [6, 6.07) is 15.3. The lowest BCUT2D eigenvalue weighted by atomic mass is 10.2. The molecule has 0 saturated carbocycles. The number of carbonyl (C=O) groups is 1. The van der Waals surface area contributed by atoms with Crippen LogP contribution in [-0.4, -0.2) is 38.7 Å². The molecule has 5 rings (SSSR count). The van der Waals surface area contributed by atoms with Crippen LogP contribution in [0.2, 0.25) is 5.02 Å². The molecule has 2 aromatic carbocycles. The van der Waals surface area contributed by atoms with Gasteiger partial charge in [0, 0.05) is 24.3 Å². The molecule has 31 heavy (non-hydrogen) atoms. The van der Waals surface area contributed by atoms with Gasteiger partial charge in [0.2, 0.25) is 0 Å². The molecule has 2 aromatic heterocycles. The van der Waals surface area contributed by atoms with Crippen molar-refractivity contribution in [3.63, 3.8) is 0 Å². The number of fused-ring (bicyclic) bond motifs is 1. The third kappa shape index (κ3) is 4.09. The van der Waals surface area contributed by atoms with Crippen molar-refractivity contribution in [3.05, 3.63) is 77.1 Å². The standard InChI is InChI=1S/C23H21ClN6O/c24-18-8-2-1-7-16(18)14-30-15-17(13-25-30)23(31)28-21-22(29-11-5-6-12-29)27-20-10-4-3-9-19(20)26-21/h1-4,7-10,13,15H,5-6,11-12,14H2,(H,26,28,31). The molecule has 1 saturated heterocycles. The number of nitrogens with zero attached hydrogens (tertiary/aromatic N) is 5. The highest BCUT2D eigenvalue weighted by Gasteiger charge is 2.21. The second-order valence-corrected chi connectivity index (χ2v) is 7.96. The van der Waals surface area contributed by atoms with Crippen LogP contribution in [0.5, 0.6) is 0 Å². The highest BCUT2D eigenvalue weighted by atomic mass is 35.5. The molecular formula is C23H21ClN6O. The number of rotatable bonds is 5. The van der Waals surface area contributed by atoms with Gasteiger partial charge in [-0.05, 0) is 36.6 Å². The Morgan fingerprint density at radius 1 is 1.00 bits per heavy atom. The average Bonchev–Trinajstić information content (AvgIpc) is 3.47. The summed E-state index contributed by atoms with van der Waals surface area (Å²) in [7, 11) is 0. The Labute approximate surface area is 184 Å². The van der Waals surface area contributed by atoms with E-state index in [1.165, 1.54) is 0 Å². The van der Waals surface area contributed by atoms with E-state index in [0.717, 1.165) is 42.5 Å². The van der Waals surface area contributed by atoms with Crippen molar-refractivity contribution in [2.24, 2.45) is 0 Å². The van der Waals surface area contributed by atoms with Crippen LogP contribution in [0.25, 0.3) is 11.0 Å². The number of hydrogen-bond acceptors (Lipinski definition) is 5. The summed E-state index contributed by atoms with van der Waals surface area (Å²) < 4.78 is 1.70. The smallest absolute Gasteiger partial charge is 0.260 e. The van der Waals surface area contributed by atoms with Crippen LogP contribution in [0.3, 0.4) is 0 Å². The Hall–Kier alpha value is -3.45. The number of hydrogen-bond donors (Lipinski definition) is 1. The van der Waals surface area contributed by atoms with Crippen molar-refractivity contribution in [1.82, 2.24) is 19.7 Å². The molecule has 1 aliphatic rings. The van der Waals surface area contributed by atoms with E-state index in [4.69, 9.17) is 21.6 Å². The lowest BCUT2D eigenvalue weighted by molar-refractivity contribution is 0.102. The van der Waals surface area contributed by atoms with Gasteiger partial charge in [-0.15, -0.1) is 0 Å². The lowest BCUT2D eigenvalue weighted by Crippen LogP contribution is -2.23. The third-order valence-electron chi connectivity index (χ3n) is 5.38. The van der Waals surface area contributed by atoms with Gasteiger partial charge in [-0.2, -0.15) is 5.10 Å². The van der Waals surface area contributed by atoms with Crippen LogP contribution in [0, 0.1) is 0 Å². The first-order valence-electron chi connectivity index (χ1n) is 10.3. The van der Waals surface area contributed by atoms with Gasteiger partial charge in [0.15, 0.2) is 11.6 Å². The minimum Gasteiger partial charge on any atom is -0.354 e. The van der Waals surface area contributed by atoms with Gasteiger partial charge in [0.25, 0.3) is 5.91 Å². The largest absolute Gasteiger partial charge is 0.354 e. The molecule has 1 aliphatic heterocycles. The van der Waals surface area contributed by atoms with Gasteiger partial charge >= 0.3 is 0 Å². The van der Waals surface area contributed by atoms with Crippen LogP contribution in [0.1, 0.15) is 28.8 Å². The molecule has 0 bridgehead atoms. The summed E-state index contributed by atoms with van der Waals surface area (Å²) in [6.07, 6.45) is 5.48. The van der Waals surface area contributed by atoms with Gasteiger partial charge in [0.05, 0.1) is 29.3 Å². The molecule has 1 amide bonds. The van der Waals surface area contributed by atoms with E-state index in [0.29, 0.717) is 28.8 Å². The molecule has 7 nitrogen and oxygen atoms in total. The highest BCUT2D eigenvalue weighted by molar-refractivity contribution is 6.31. The number of nitrogens with one attached hydrogen (secondary N) is 1. The van der Waals surface area contributed by atoms with E-state index in [1.54, 1.807) is 17.1 Å². The molecule has 0 radical (unpaired) electrons. The number of amides is 1. The van der Waals surface area contributed by atoms with Crippen LogP contribution in [-0.2, 0) is 6.54 Å². The summed E-state index contributed by atoms with van der Waals surface area (Å²) in [6.45, 7) is 2.30. The SMILES string of the molecule is O=C(Nc1nc2ccccc2nc1N1CCCC1)c1cnn(Cc2ccccc2Cl)c1. The second kappa shape index (κ2) is 8.35. The van der Waals surface area contributed by atoms with Crippen molar-refractivity contribution >= 4 is 40.2 Å². The quantitative estimate of drug-likeness (QED) is 0.506. The number of anilines is 2. The fraction of sp³-hybridized carbons (Fsp3) is 0.217. The minimum atomic E-state index is -0.268.